The van der Waals surface area contributed by atoms with Crippen molar-refractivity contribution >= 4 is 16.9 Å². The molecule has 1 atom stereocenters. The van der Waals surface area contributed by atoms with Crippen molar-refractivity contribution in [1.29, 1.82) is 0 Å². The van der Waals surface area contributed by atoms with Gasteiger partial charge in [-0.15, -0.1) is 0 Å². The summed E-state index contributed by atoms with van der Waals surface area (Å²) < 4.78 is 6.10. The van der Waals surface area contributed by atoms with Gasteiger partial charge in [0.2, 0.25) is 5.12 Å². The van der Waals surface area contributed by atoms with Crippen LogP contribution in [0.15, 0.2) is 41.7 Å². The van der Waals surface area contributed by atoms with Crippen molar-refractivity contribution in [3.8, 4) is 0 Å². The molecular formula is C25H38O2S. The first-order valence-electron chi connectivity index (χ1n) is 11.2. The molecule has 2 nitrogen and oxygen atoms in total. The van der Waals surface area contributed by atoms with E-state index >= 15 is 0 Å². The zero-order chi connectivity index (χ0) is 20.2. The largest absolute Gasteiger partial charge is 0.491 e. The molecule has 28 heavy (non-hydrogen) atoms. The van der Waals surface area contributed by atoms with Gasteiger partial charge >= 0.3 is 0 Å². The van der Waals surface area contributed by atoms with E-state index in [2.05, 4.69) is 32.9 Å². The summed E-state index contributed by atoms with van der Waals surface area (Å²) in [7, 11) is 0. The Morgan fingerprint density at radius 1 is 0.893 bits per heavy atom. The Morgan fingerprint density at radius 2 is 1.54 bits per heavy atom. The fourth-order valence-corrected chi connectivity index (χ4v) is 5.17. The predicted molar refractivity (Wildman–Crippen MR) is 121 cm³/mol. The van der Waals surface area contributed by atoms with Crippen LogP contribution in [0.5, 0.6) is 0 Å². The number of unbranched alkanes of at least 4 members (excludes halogenated alkanes) is 7. The minimum Gasteiger partial charge on any atom is -0.491 e. The molecule has 0 fully saturated rings. The van der Waals surface area contributed by atoms with Crippen LogP contribution in [-0.2, 0) is 16.1 Å². The molecule has 0 saturated heterocycles. The quantitative estimate of drug-likeness (QED) is 0.297. The fraction of sp³-hybridized carbons (Fsp3) is 0.640. The second kappa shape index (κ2) is 12.4. The van der Waals surface area contributed by atoms with E-state index in [4.69, 9.17) is 4.74 Å². The van der Waals surface area contributed by atoms with Crippen molar-refractivity contribution in [3.63, 3.8) is 0 Å². The van der Waals surface area contributed by atoms with E-state index in [9.17, 15) is 4.79 Å². The molecule has 156 valence electrons. The molecule has 1 aromatic rings. The van der Waals surface area contributed by atoms with Crippen molar-refractivity contribution in [2.75, 3.05) is 0 Å². The van der Waals surface area contributed by atoms with Crippen LogP contribution in [0, 0.1) is 0 Å². The summed E-state index contributed by atoms with van der Waals surface area (Å²) in [5.74, 6) is 0.955. The lowest BCUT2D eigenvalue weighted by Gasteiger charge is -2.26. The Hall–Kier alpha value is -1.22. The molecule has 0 saturated carbocycles. The smallest absolute Gasteiger partial charge is 0.219 e. The summed E-state index contributed by atoms with van der Waals surface area (Å²) in [6, 6.07) is 10.3. The van der Waals surface area contributed by atoms with Gasteiger partial charge in [-0.25, -0.2) is 0 Å². The van der Waals surface area contributed by atoms with Gasteiger partial charge in [-0.1, -0.05) is 114 Å². The molecule has 1 aliphatic rings. The lowest BCUT2D eigenvalue weighted by Crippen LogP contribution is -2.22. The zero-order valence-electron chi connectivity index (χ0n) is 18.1. The van der Waals surface area contributed by atoms with Crippen LogP contribution in [0.1, 0.15) is 97.0 Å². The van der Waals surface area contributed by atoms with E-state index in [0.29, 0.717) is 6.61 Å². The summed E-state index contributed by atoms with van der Waals surface area (Å²) in [6.45, 7) is 7.15. The van der Waals surface area contributed by atoms with Crippen LogP contribution in [0.2, 0.25) is 0 Å². The molecule has 3 heteroatoms. The normalized spacial score (nSPS) is 19.5. The highest BCUT2D eigenvalue weighted by atomic mass is 32.2. The average molecular weight is 403 g/mol. The number of hydrogen-bond donors (Lipinski definition) is 0. The molecule has 0 radical (unpaired) electrons. The van der Waals surface area contributed by atoms with Crippen LogP contribution in [0.3, 0.4) is 0 Å². The monoisotopic (exact) mass is 402 g/mol. The van der Waals surface area contributed by atoms with E-state index in [-0.39, 0.29) is 9.86 Å². The zero-order valence-corrected chi connectivity index (χ0v) is 18.9. The highest BCUT2D eigenvalue weighted by molar-refractivity contribution is 8.15. The number of hydrogen-bond acceptors (Lipinski definition) is 3. The van der Waals surface area contributed by atoms with Crippen LogP contribution in [0.25, 0.3) is 0 Å². The van der Waals surface area contributed by atoms with Crippen LogP contribution < -0.4 is 0 Å². The molecular weight excluding hydrogens is 364 g/mol. The van der Waals surface area contributed by atoms with E-state index in [0.717, 1.165) is 36.2 Å². The molecule has 1 aliphatic heterocycles. The SMILES string of the molecule is CCCCCCCCCCC1(C)SC(=O)C(CCC)=C1OCc1ccccc1. The molecule has 2 rings (SSSR count). The van der Waals surface area contributed by atoms with E-state index in [1.165, 1.54) is 63.1 Å². The van der Waals surface area contributed by atoms with Crippen molar-refractivity contribution in [3.05, 3.63) is 47.2 Å². The van der Waals surface area contributed by atoms with Gasteiger partial charge in [0.15, 0.2) is 0 Å². The van der Waals surface area contributed by atoms with Crippen LogP contribution in [-0.4, -0.2) is 9.86 Å². The molecule has 0 N–H and O–H groups in total. The summed E-state index contributed by atoms with van der Waals surface area (Å²) in [5, 5.41) is 0.229. The maximum atomic E-state index is 12.7. The van der Waals surface area contributed by atoms with Gasteiger partial charge in [0.05, 0.1) is 4.75 Å². The maximum Gasteiger partial charge on any atom is 0.219 e. The number of thioether (sulfide) groups is 1. The highest BCUT2D eigenvalue weighted by Crippen LogP contribution is 2.48. The maximum absolute atomic E-state index is 12.7. The van der Waals surface area contributed by atoms with Crippen molar-refractivity contribution in [2.45, 2.75) is 103 Å². The molecule has 0 aliphatic carbocycles. The molecule has 1 heterocycles. The third-order valence-electron chi connectivity index (χ3n) is 5.55. The number of carbonyl (C=O) groups excluding carboxylic acids is 1. The molecule has 1 aromatic carbocycles. The minimum absolute atomic E-state index is 0.196. The highest BCUT2D eigenvalue weighted by Gasteiger charge is 2.43. The van der Waals surface area contributed by atoms with Crippen LogP contribution in [0.4, 0.5) is 0 Å². The second-order valence-corrected chi connectivity index (χ2v) is 9.65. The molecule has 0 spiro atoms. The average Bonchev–Trinajstić information content (AvgIpc) is 2.93. The number of ether oxygens (including phenoxy) is 1. The van der Waals surface area contributed by atoms with Gasteiger partial charge in [0.1, 0.15) is 12.4 Å². The molecule has 1 unspecified atom stereocenters. The third-order valence-corrected chi connectivity index (χ3v) is 6.82. The predicted octanol–water partition coefficient (Wildman–Crippen LogP) is 7.82. The Kier molecular flexibility index (Phi) is 10.2. The first-order valence-corrected chi connectivity index (χ1v) is 12.1. The molecule has 0 bridgehead atoms. The Morgan fingerprint density at radius 3 is 2.18 bits per heavy atom. The van der Waals surface area contributed by atoms with Crippen molar-refractivity contribution in [2.24, 2.45) is 0 Å². The molecule has 0 amide bonds. The van der Waals surface area contributed by atoms with Crippen LogP contribution >= 0.6 is 11.8 Å². The Balaban J connectivity index is 1.91. The first kappa shape index (κ1) is 23.1. The summed E-state index contributed by atoms with van der Waals surface area (Å²) in [6.07, 6.45) is 13.3. The minimum atomic E-state index is -0.196. The number of carbonyl (C=O) groups is 1. The van der Waals surface area contributed by atoms with Crippen molar-refractivity contribution in [1.82, 2.24) is 0 Å². The van der Waals surface area contributed by atoms with Crippen molar-refractivity contribution < 1.29 is 9.53 Å². The van der Waals surface area contributed by atoms with Gasteiger partial charge in [-0.05, 0) is 25.3 Å². The summed E-state index contributed by atoms with van der Waals surface area (Å²) >= 11 is 1.50. The van der Waals surface area contributed by atoms with Gasteiger partial charge in [-0.3, -0.25) is 4.79 Å². The van der Waals surface area contributed by atoms with E-state index in [1.807, 2.05) is 18.2 Å². The Labute approximate surface area is 176 Å². The lowest BCUT2D eigenvalue weighted by atomic mass is 9.95. The Bertz CT molecular complexity index is 623. The summed E-state index contributed by atoms with van der Waals surface area (Å²) in [5.41, 5.74) is 2.08. The van der Waals surface area contributed by atoms with Gasteiger partial charge in [0.25, 0.3) is 0 Å². The van der Waals surface area contributed by atoms with E-state index in [1.54, 1.807) is 0 Å². The summed E-state index contributed by atoms with van der Waals surface area (Å²) in [4.78, 5) is 12.7. The topological polar surface area (TPSA) is 26.3 Å². The van der Waals surface area contributed by atoms with Gasteiger partial charge in [-0.2, -0.15) is 0 Å². The number of rotatable bonds is 14. The first-order chi connectivity index (χ1) is 13.6. The standard InChI is InChI=1S/C25H38O2S/c1-4-6-7-8-9-10-11-15-19-25(3)23(22(16-5-2)24(26)28-25)27-20-21-17-13-12-14-18-21/h12-14,17-18H,4-11,15-16,19-20H2,1-3H3. The second-order valence-electron chi connectivity index (χ2n) is 8.18. The molecule has 0 aromatic heterocycles. The third kappa shape index (κ3) is 6.99. The number of benzene rings is 1. The lowest BCUT2D eigenvalue weighted by molar-refractivity contribution is -0.108. The fourth-order valence-electron chi connectivity index (χ4n) is 3.92. The van der Waals surface area contributed by atoms with Gasteiger partial charge < -0.3 is 4.74 Å². The van der Waals surface area contributed by atoms with Gasteiger partial charge in [0, 0.05) is 5.57 Å². The van der Waals surface area contributed by atoms with E-state index < -0.39 is 0 Å².